The lowest BCUT2D eigenvalue weighted by molar-refractivity contribution is -0.0180. The van der Waals surface area contributed by atoms with Crippen molar-refractivity contribution in [1.29, 1.82) is 0 Å². The van der Waals surface area contributed by atoms with Gasteiger partial charge in [0.05, 0.1) is 6.61 Å². The van der Waals surface area contributed by atoms with Crippen LogP contribution in [0.1, 0.15) is 33.1 Å². The van der Waals surface area contributed by atoms with Gasteiger partial charge in [-0.3, -0.25) is 4.90 Å². The van der Waals surface area contributed by atoms with E-state index in [2.05, 4.69) is 29.0 Å². The quantitative estimate of drug-likeness (QED) is 0.790. The Morgan fingerprint density at radius 3 is 2.47 bits per heavy atom. The standard InChI is InChI=1S/C15H31N3O/c1-14(2)12-17-9-4-15(13-19,5-10-17)18-8-3-6-16-7-11-18/h14,16,19H,3-13H2,1-2H3. The van der Waals surface area contributed by atoms with Gasteiger partial charge in [0.2, 0.25) is 0 Å². The molecule has 0 bridgehead atoms. The van der Waals surface area contributed by atoms with Crippen molar-refractivity contribution >= 4 is 0 Å². The summed E-state index contributed by atoms with van der Waals surface area (Å²) < 4.78 is 0. The van der Waals surface area contributed by atoms with Gasteiger partial charge in [0.15, 0.2) is 0 Å². The smallest absolute Gasteiger partial charge is 0.0616 e. The van der Waals surface area contributed by atoms with Crippen LogP contribution >= 0.6 is 0 Å². The van der Waals surface area contributed by atoms with Gasteiger partial charge < -0.3 is 15.3 Å². The molecule has 0 aromatic carbocycles. The van der Waals surface area contributed by atoms with Gasteiger partial charge in [-0.2, -0.15) is 0 Å². The third-order valence-corrected chi connectivity index (χ3v) is 4.72. The van der Waals surface area contributed by atoms with Crippen molar-refractivity contribution in [3.05, 3.63) is 0 Å². The first-order chi connectivity index (χ1) is 9.16. The summed E-state index contributed by atoms with van der Waals surface area (Å²) >= 11 is 0. The Hall–Kier alpha value is -0.160. The van der Waals surface area contributed by atoms with Crippen LogP contribution in [0.25, 0.3) is 0 Å². The first-order valence-corrected chi connectivity index (χ1v) is 7.95. The maximum Gasteiger partial charge on any atom is 0.0616 e. The lowest BCUT2D eigenvalue weighted by atomic mass is 9.85. The topological polar surface area (TPSA) is 38.7 Å². The third-order valence-electron chi connectivity index (χ3n) is 4.72. The Kier molecular flexibility index (Phi) is 5.63. The Labute approximate surface area is 118 Å². The zero-order valence-corrected chi connectivity index (χ0v) is 12.7. The minimum absolute atomic E-state index is 0.0551. The van der Waals surface area contributed by atoms with Crippen molar-refractivity contribution in [1.82, 2.24) is 15.1 Å². The Bertz CT molecular complexity index is 254. The highest BCUT2D eigenvalue weighted by molar-refractivity contribution is 4.96. The molecule has 2 heterocycles. The van der Waals surface area contributed by atoms with Crippen molar-refractivity contribution in [2.75, 3.05) is 52.4 Å². The lowest BCUT2D eigenvalue weighted by Crippen LogP contribution is -2.58. The molecule has 2 fully saturated rings. The van der Waals surface area contributed by atoms with Gasteiger partial charge in [0.25, 0.3) is 0 Å². The van der Waals surface area contributed by atoms with Crippen molar-refractivity contribution in [2.24, 2.45) is 5.92 Å². The molecule has 0 atom stereocenters. The number of likely N-dealkylation sites (tertiary alicyclic amines) is 1. The highest BCUT2D eigenvalue weighted by Crippen LogP contribution is 2.29. The Morgan fingerprint density at radius 1 is 1.11 bits per heavy atom. The van der Waals surface area contributed by atoms with Gasteiger partial charge in [-0.1, -0.05) is 13.8 Å². The lowest BCUT2D eigenvalue weighted by Gasteiger charge is -2.48. The van der Waals surface area contributed by atoms with Crippen LogP contribution < -0.4 is 5.32 Å². The van der Waals surface area contributed by atoms with Crippen LogP contribution in [0.15, 0.2) is 0 Å². The van der Waals surface area contributed by atoms with Crippen LogP contribution in [0.2, 0.25) is 0 Å². The second kappa shape index (κ2) is 7.02. The molecule has 0 aromatic heterocycles. The monoisotopic (exact) mass is 269 g/mol. The number of rotatable bonds is 4. The molecule has 2 aliphatic rings. The van der Waals surface area contributed by atoms with Gasteiger partial charge in [0.1, 0.15) is 0 Å². The molecule has 0 radical (unpaired) electrons. The predicted molar refractivity (Wildman–Crippen MR) is 79.4 cm³/mol. The fourth-order valence-corrected chi connectivity index (χ4v) is 3.56. The first kappa shape index (κ1) is 15.2. The van der Waals surface area contributed by atoms with E-state index in [0.29, 0.717) is 6.61 Å². The molecule has 0 unspecified atom stereocenters. The van der Waals surface area contributed by atoms with Crippen LogP contribution in [-0.2, 0) is 0 Å². The summed E-state index contributed by atoms with van der Waals surface area (Å²) in [7, 11) is 0. The highest BCUT2D eigenvalue weighted by atomic mass is 16.3. The van der Waals surface area contributed by atoms with Crippen LogP contribution in [0.4, 0.5) is 0 Å². The number of hydrogen-bond donors (Lipinski definition) is 2. The molecule has 2 aliphatic heterocycles. The van der Waals surface area contributed by atoms with E-state index in [1.54, 1.807) is 0 Å². The summed E-state index contributed by atoms with van der Waals surface area (Å²) in [5.74, 6) is 0.740. The molecule has 2 rings (SSSR count). The molecule has 0 amide bonds. The average Bonchev–Trinajstić information content (AvgIpc) is 2.69. The molecule has 0 spiro atoms. The summed E-state index contributed by atoms with van der Waals surface area (Å²) in [5.41, 5.74) is 0.0551. The number of hydrogen-bond acceptors (Lipinski definition) is 4. The van der Waals surface area contributed by atoms with Gasteiger partial charge >= 0.3 is 0 Å². The molecule has 4 nitrogen and oxygen atoms in total. The van der Waals surface area contributed by atoms with Crippen molar-refractivity contribution in [3.63, 3.8) is 0 Å². The molecule has 2 saturated heterocycles. The van der Waals surface area contributed by atoms with Gasteiger partial charge in [-0.25, -0.2) is 0 Å². The molecule has 4 heteroatoms. The molecule has 0 saturated carbocycles. The minimum Gasteiger partial charge on any atom is -0.394 e. The summed E-state index contributed by atoms with van der Waals surface area (Å²) in [6.07, 6.45) is 3.45. The second-order valence-corrected chi connectivity index (χ2v) is 6.67. The van der Waals surface area contributed by atoms with Crippen LogP contribution in [0.5, 0.6) is 0 Å². The third kappa shape index (κ3) is 3.91. The van der Waals surface area contributed by atoms with Gasteiger partial charge in [-0.15, -0.1) is 0 Å². The number of nitrogens with one attached hydrogen (secondary N) is 1. The van der Waals surface area contributed by atoms with E-state index in [1.807, 2.05) is 0 Å². The van der Waals surface area contributed by atoms with Crippen molar-refractivity contribution < 1.29 is 5.11 Å². The zero-order chi connectivity index (χ0) is 13.7. The van der Waals surface area contributed by atoms with Gasteiger partial charge in [0, 0.05) is 31.7 Å². The zero-order valence-electron chi connectivity index (χ0n) is 12.7. The highest BCUT2D eigenvalue weighted by Gasteiger charge is 2.39. The molecule has 112 valence electrons. The van der Waals surface area contributed by atoms with Crippen LogP contribution in [0.3, 0.4) is 0 Å². The molecular weight excluding hydrogens is 238 g/mol. The van der Waals surface area contributed by atoms with E-state index in [4.69, 9.17) is 0 Å². The summed E-state index contributed by atoms with van der Waals surface area (Å²) in [4.78, 5) is 5.12. The molecule has 0 aromatic rings. The minimum atomic E-state index is 0.0551. The summed E-state index contributed by atoms with van der Waals surface area (Å²) in [6.45, 7) is 12.8. The van der Waals surface area contributed by atoms with E-state index < -0.39 is 0 Å². The van der Waals surface area contributed by atoms with Gasteiger partial charge in [-0.05, 0) is 44.8 Å². The van der Waals surface area contributed by atoms with E-state index >= 15 is 0 Å². The maximum absolute atomic E-state index is 9.97. The fourth-order valence-electron chi connectivity index (χ4n) is 3.56. The van der Waals surface area contributed by atoms with Crippen molar-refractivity contribution in [2.45, 2.75) is 38.6 Å². The summed E-state index contributed by atoms with van der Waals surface area (Å²) in [6, 6.07) is 0. The number of nitrogens with zero attached hydrogens (tertiary/aromatic N) is 2. The number of piperidine rings is 1. The van der Waals surface area contributed by atoms with E-state index in [9.17, 15) is 5.11 Å². The number of aliphatic hydroxyl groups is 1. The molecule has 0 aliphatic carbocycles. The SMILES string of the molecule is CC(C)CN1CCC(CO)(N2CCCNCC2)CC1. The van der Waals surface area contributed by atoms with E-state index in [-0.39, 0.29) is 5.54 Å². The molecule has 2 N–H and O–H groups in total. The van der Waals surface area contributed by atoms with E-state index in [1.165, 1.54) is 13.0 Å². The van der Waals surface area contributed by atoms with Crippen LogP contribution in [-0.4, -0.2) is 72.9 Å². The second-order valence-electron chi connectivity index (χ2n) is 6.67. The van der Waals surface area contributed by atoms with E-state index in [0.717, 1.165) is 58.0 Å². The summed E-state index contributed by atoms with van der Waals surface area (Å²) in [5, 5.41) is 13.4. The maximum atomic E-state index is 9.97. The first-order valence-electron chi connectivity index (χ1n) is 7.95. The fraction of sp³-hybridized carbons (Fsp3) is 1.00. The normalized spacial score (nSPS) is 26.5. The Balaban J connectivity index is 1.92. The number of aliphatic hydroxyl groups excluding tert-OH is 1. The average molecular weight is 269 g/mol. The largest absolute Gasteiger partial charge is 0.394 e. The van der Waals surface area contributed by atoms with Crippen molar-refractivity contribution in [3.8, 4) is 0 Å². The Morgan fingerprint density at radius 2 is 1.84 bits per heavy atom. The van der Waals surface area contributed by atoms with Crippen LogP contribution in [0, 0.1) is 5.92 Å². The molecular formula is C15H31N3O. The predicted octanol–water partition coefficient (Wildman–Crippen LogP) is 0.765. The molecule has 19 heavy (non-hydrogen) atoms.